The molecule has 0 aromatic carbocycles. The second-order valence-electron chi connectivity index (χ2n) is 6.52. The van der Waals surface area contributed by atoms with Crippen LogP contribution in [0.4, 0.5) is 0 Å². The minimum Gasteiger partial charge on any atom is -0.396 e. The van der Waals surface area contributed by atoms with E-state index in [0.717, 1.165) is 26.1 Å². The summed E-state index contributed by atoms with van der Waals surface area (Å²) in [6.45, 7) is 1.81. The van der Waals surface area contributed by atoms with Crippen LogP contribution < -0.4 is 5.32 Å². The van der Waals surface area contributed by atoms with Gasteiger partial charge in [0.1, 0.15) is 0 Å². The highest BCUT2D eigenvalue weighted by Crippen LogP contribution is 2.48. The lowest BCUT2D eigenvalue weighted by atomic mass is 9.85. The van der Waals surface area contributed by atoms with Crippen LogP contribution in [0.25, 0.3) is 0 Å². The van der Waals surface area contributed by atoms with Crippen molar-refractivity contribution in [1.82, 2.24) is 5.32 Å². The molecule has 2 bridgehead atoms. The molecule has 0 aromatic heterocycles. The summed E-state index contributed by atoms with van der Waals surface area (Å²) >= 11 is 0. The number of amides is 1. The van der Waals surface area contributed by atoms with Gasteiger partial charge in [0.15, 0.2) is 0 Å². The van der Waals surface area contributed by atoms with Crippen LogP contribution in [0.1, 0.15) is 32.1 Å². The molecule has 0 radical (unpaired) electrons. The van der Waals surface area contributed by atoms with E-state index < -0.39 is 0 Å². The van der Waals surface area contributed by atoms with Crippen molar-refractivity contribution in [1.29, 1.82) is 0 Å². The fourth-order valence-electron chi connectivity index (χ4n) is 4.24. The monoisotopic (exact) mass is 279 g/mol. The fraction of sp³-hybridized carbons (Fsp3) is 0.812. The van der Waals surface area contributed by atoms with Crippen molar-refractivity contribution in [3.8, 4) is 0 Å². The quantitative estimate of drug-likeness (QED) is 0.767. The van der Waals surface area contributed by atoms with Crippen molar-refractivity contribution in [2.45, 2.75) is 38.1 Å². The van der Waals surface area contributed by atoms with Crippen molar-refractivity contribution in [3.05, 3.63) is 12.2 Å². The predicted octanol–water partition coefficient (Wildman–Crippen LogP) is 1.49. The van der Waals surface area contributed by atoms with Crippen molar-refractivity contribution in [2.75, 3.05) is 19.8 Å². The van der Waals surface area contributed by atoms with E-state index in [2.05, 4.69) is 5.32 Å². The molecular formula is C16H25NO3. The Kier molecular flexibility index (Phi) is 4.41. The van der Waals surface area contributed by atoms with Crippen LogP contribution in [0.2, 0.25) is 0 Å². The van der Waals surface area contributed by atoms with Gasteiger partial charge in [0.2, 0.25) is 5.91 Å². The standard InChI is InChI=1S/C16H25NO3/c18-10-14-12-2-3-13(9-12)16(14)17-15(19)4-1-11-5-7-20-8-6-11/h1,4,11-14,16,18H,2-3,5-10H2,(H,17,19)/b4-1+. The van der Waals surface area contributed by atoms with Crippen LogP contribution in [0.15, 0.2) is 12.2 Å². The van der Waals surface area contributed by atoms with Crippen LogP contribution in [-0.2, 0) is 9.53 Å². The van der Waals surface area contributed by atoms with E-state index in [-0.39, 0.29) is 24.5 Å². The highest BCUT2D eigenvalue weighted by molar-refractivity contribution is 5.87. The Balaban J connectivity index is 1.52. The zero-order valence-corrected chi connectivity index (χ0v) is 12.0. The molecule has 2 saturated carbocycles. The van der Waals surface area contributed by atoms with Gasteiger partial charge in [-0.05, 0) is 55.9 Å². The minimum atomic E-state index is 0.00694. The van der Waals surface area contributed by atoms with Crippen LogP contribution >= 0.6 is 0 Å². The average Bonchev–Trinajstić information content (AvgIpc) is 3.07. The van der Waals surface area contributed by atoms with Gasteiger partial charge in [0, 0.05) is 31.8 Å². The maximum atomic E-state index is 12.1. The number of allylic oxidation sites excluding steroid dienone is 1. The Bertz CT molecular complexity index is 376. The van der Waals surface area contributed by atoms with Crippen molar-refractivity contribution < 1.29 is 14.6 Å². The number of rotatable bonds is 4. The van der Waals surface area contributed by atoms with E-state index in [0.29, 0.717) is 17.8 Å². The van der Waals surface area contributed by atoms with Crippen molar-refractivity contribution >= 4 is 5.91 Å². The van der Waals surface area contributed by atoms with E-state index in [4.69, 9.17) is 4.74 Å². The third kappa shape index (κ3) is 2.91. The molecule has 1 amide bonds. The summed E-state index contributed by atoms with van der Waals surface area (Å²) < 4.78 is 5.31. The number of carbonyl (C=O) groups is 1. The predicted molar refractivity (Wildman–Crippen MR) is 76.0 cm³/mol. The molecule has 1 saturated heterocycles. The summed E-state index contributed by atoms with van der Waals surface area (Å²) in [6, 6.07) is 0.186. The molecule has 3 rings (SSSR count). The lowest BCUT2D eigenvalue weighted by Gasteiger charge is -2.30. The third-order valence-electron chi connectivity index (χ3n) is 5.39. The van der Waals surface area contributed by atoms with Gasteiger partial charge in [-0.2, -0.15) is 0 Å². The summed E-state index contributed by atoms with van der Waals surface area (Å²) in [7, 11) is 0. The van der Waals surface area contributed by atoms with Crippen molar-refractivity contribution in [3.63, 3.8) is 0 Å². The normalized spacial score (nSPS) is 37.6. The summed E-state index contributed by atoms with van der Waals surface area (Å²) in [5.41, 5.74) is 0. The van der Waals surface area contributed by atoms with E-state index >= 15 is 0 Å². The molecule has 2 aliphatic carbocycles. The van der Waals surface area contributed by atoms with Gasteiger partial charge in [-0.1, -0.05) is 6.08 Å². The average molecular weight is 279 g/mol. The second-order valence-corrected chi connectivity index (χ2v) is 6.52. The largest absolute Gasteiger partial charge is 0.396 e. The molecule has 0 spiro atoms. The highest BCUT2D eigenvalue weighted by Gasteiger charge is 2.47. The third-order valence-corrected chi connectivity index (χ3v) is 5.39. The molecule has 4 atom stereocenters. The molecule has 3 fully saturated rings. The van der Waals surface area contributed by atoms with Gasteiger partial charge in [-0.3, -0.25) is 4.79 Å². The fourth-order valence-corrected chi connectivity index (χ4v) is 4.24. The number of nitrogens with one attached hydrogen (secondary N) is 1. The Morgan fingerprint density at radius 1 is 1.20 bits per heavy atom. The lowest BCUT2D eigenvalue weighted by Crippen LogP contribution is -2.44. The molecule has 4 heteroatoms. The van der Waals surface area contributed by atoms with Crippen LogP contribution in [0.5, 0.6) is 0 Å². The van der Waals surface area contributed by atoms with Crippen LogP contribution in [-0.4, -0.2) is 36.9 Å². The highest BCUT2D eigenvalue weighted by atomic mass is 16.5. The first-order chi connectivity index (χ1) is 9.78. The maximum absolute atomic E-state index is 12.1. The maximum Gasteiger partial charge on any atom is 0.243 e. The van der Waals surface area contributed by atoms with Gasteiger partial charge < -0.3 is 15.2 Å². The summed E-state index contributed by atoms with van der Waals surface area (Å²) in [5, 5.41) is 12.7. The van der Waals surface area contributed by atoms with Gasteiger partial charge in [-0.15, -0.1) is 0 Å². The second kappa shape index (κ2) is 6.27. The zero-order chi connectivity index (χ0) is 13.9. The Hall–Kier alpha value is -0.870. The van der Waals surface area contributed by atoms with Gasteiger partial charge in [-0.25, -0.2) is 0 Å². The van der Waals surface area contributed by atoms with E-state index in [1.807, 2.05) is 6.08 Å². The molecule has 1 aliphatic heterocycles. The van der Waals surface area contributed by atoms with Crippen LogP contribution in [0, 0.1) is 23.7 Å². The summed E-state index contributed by atoms with van der Waals surface area (Å²) in [4.78, 5) is 12.1. The Morgan fingerprint density at radius 2 is 1.95 bits per heavy atom. The first kappa shape index (κ1) is 14.1. The topological polar surface area (TPSA) is 58.6 Å². The van der Waals surface area contributed by atoms with E-state index in [1.54, 1.807) is 6.08 Å². The van der Waals surface area contributed by atoms with Crippen LogP contribution in [0.3, 0.4) is 0 Å². The SMILES string of the molecule is O=C(/C=C/C1CCOCC1)NC1C2CCC(C2)C1CO. The Labute approximate surface area is 120 Å². The first-order valence-electron chi connectivity index (χ1n) is 7.95. The number of hydrogen-bond donors (Lipinski definition) is 2. The van der Waals surface area contributed by atoms with E-state index in [9.17, 15) is 9.90 Å². The van der Waals surface area contributed by atoms with Crippen molar-refractivity contribution in [2.24, 2.45) is 23.7 Å². The lowest BCUT2D eigenvalue weighted by molar-refractivity contribution is -0.118. The molecular weight excluding hydrogens is 254 g/mol. The summed E-state index contributed by atoms with van der Waals surface area (Å²) in [5.74, 6) is 1.96. The number of hydrogen-bond acceptors (Lipinski definition) is 3. The number of fused-ring (bicyclic) bond motifs is 2. The molecule has 4 nitrogen and oxygen atoms in total. The van der Waals surface area contributed by atoms with Gasteiger partial charge in [0.25, 0.3) is 0 Å². The molecule has 2 N–H and O–H groups in total. The number of ether oxygens (including phenoxy) is 1. The molecule has 0 aromatic rings. The van der Waals surface area contributed by atoms with E-state index in [1.165, 1.54) is 19.3 Å². The zero-order valence-electron chi connectivity index (χ0n) is 12.0. The smallest absolute Gasteiger partial charge is 0.243 e. The molecule has 3 aliphatic rings. The molecule has 1 heterocycles. The number of aliphatic hydroxyl groups is 1. The minimum absolute atomic E-state index is 0.00694. The molecule has 112 valence electrons. The molecule has 4 unspecified atom stereocenters. The molecule has 20 heavy (non-hydrogen) atoms. The summed E-state index contributed by atoms with van der Waals surface area (Å²) in [6.07, 6.45) is 9.35. The van der Waals surface area contributed by atoms with Gasteiger partial charge in [0.05, 0.1) is 0 Å². The first-order valence-corrected chi connectivity index (χ1v) is 7.95. The Morgan fingerprint density at radius 3 is 2.70 bits per heavy atom. The number of carbonyl (C=O) groups excluding carboxylic acids is 1. The number of aliphatic hydroxyl groups excluding tert-OH is 1. The van der Waals surface area contributed by atoms with Gasteiger partial charge >= 0.3 is 0 Å².